The van der Waals surface area contributed by atoms with E-state index in [1.54, 1.807) is 30.0 Å². The van der Waals surface area contributed by atoms with Gasteiger partial charge < -0.3 is 19.3 Å². The molecule has 2 aromatic rings. The zero-order valence-corrected chi connectivity index (χ0v) is 18.5. The topological polar surface area (TPSA) is 102 Å². The fourth-order valence-corrected chi connectivity index (χ4v) is 4.60. The number of hydrogen-bond acceptors (Lipinski definition) is 8. The van der Waals surface area contributed by atoms with Gasteiger partial charge in [0, 0.05) is 50.5 Å². The zero-order valence-electron chi connectivity index (χ0n) is 17.7. The molecule has 3 heterocycles. The number of rotatable bonds is 5. The molecule has 4 rings (SSSR count). The number of hydrogen-bond donors (Lipinski definition) is 0. The highest BCUT2D eigenvalue weighted by Crippen LogP contribution is 2.35. The quantitative estimate of drug-likeness (QED) is 0.691. The summed E-state index contributed by atoms with van der Waals surface area (Å²) in [6.07, 6.45) is 4.53. The Kier molecular flexibility index (Phi) is 5.99. The molecule has 1 aromatic heterocycles. The van der Waals surface area contributed by atoms with Gasteiger partial charge >= 0.3 is 6.09 Å². The van der Waals surface area contributed by atoms with Crippen LogP contribution < -0.4 is 9.64 Å². The third-order valence-electron chi connectivity index (χ3n) is 5.53. The van der Waals surface area contributed by atoms with E-state index in [0.29, 0.717) is 55.7 Å². The van der Waals surface area contributed by atoms with Gasteiger partial charge in [0.2, 0.25) is 5.88 Å². The number of sulfone groups is 1. The molecule has 10 heteroatoms. The van der Waals surface area contributed by atoms with Gasteiger partial charge in [-0.1, -0.05) is 0 Å². The average Bonchev–Trinajstić information content (AvgIpc) is 3.17. The molecule has 0 unspecified atom stereocenters. The maximum atomic E-state index is 11.8. The Bertz CT molecular complexity index is 1070. The third-order valence-corrected chi connectivity index (χ3v) is 6.64. The first kappa shape index (κ1) is 21.4. The minimum atomic E-state index is -3.24. The lowest BCUT2D eigenvalue weighted by atomic mass is 10.1. The van der Waals surface area contributed by atoms with Gasteiger partial charge in [-0.05, 0) is 37.1 Å². The van der Waals surface area contributed by atoms with Crippen LogP contribution in [0.25, 0.3) is 0 Å². The molecule has 2 aliphatic rings. The van der Waals surface area contributed by atoms with Gasteiger partial charge in [0.25, 0.3) is 0 Å². The largest absolute Gasteiger partial charge is 0.474 e. The molecule has 0 atom stereocenters. The number of anilines is 2. The second-order valence-corrected chi connectivity index (χ2v) is 9.70. The van der Waals surface area contributed by atoms with E-state index in [1.807, 2.05) is 11.0 Å². The van der Waals surface area contributed by atoms with Gasteiger partial charge in [0.1, 0.15) is 18.2 Å². The van der Waals surface area contributed by atoms with Crippen molar-refractivity contribution < 1.29 is 22.7 Å². The molecular weight excluding hydrogens is 420 g/mol. The summed E-state index contributed by atoms with van der Waals surface area (Å²) in [4.78, 5) is 24.5. The highest BCUT2D eigenvalue weighted by atomic mass is 32.2. The first-order chi connectivity index (χ1) is 14.8. The highest BCUT2D eigenvalue weighted by Gasteiger charge is 2.26. The second-order valence-electron chi connectivity index (χ2n) is 7.68. The Hall–Kier alpha value is -2.88. The van der Waals surface area contributed by atoms with Gasteiger partial charge in [-0.3, -0.25) is 0 Å². The van der Waals surface area contributed by atoms with Crippen LogP contribution in [0.5, 0.6) is 5.88 Å². The average molecular weight is 447 g/mol. The number of likely N-dealkylation sites (tertiary alicyclic amines) is 1. The molecule has 0 spiro atoms. The van der Waals surface area contributed by atoms with Crippen molar-refractivity contribution in [3.63, 3.8) is 0 Å². The SMILES string of the molecule is CCOC(=O)N1CCC(Oc2cc(N3CCc4cc(S(C)(=O)=O)ccc43)ncn2)CC1. The number of nitrogens with zero attached hydrogens (tertiary/aromatic N) is 4. The summed E-state index contributed by atoms with van der Waals surface area (Å²) < 4.78 is 34.8. The minimum Gasteiger partial charge on any atom is -0.474 e. The number of carbonyl (C=O) groups excluding carboxylic acids is 1. The van der Waals surface area contributed by atoms with E-state index in [0.717, 1.165) is 17.7 Å². The molecule has 1 aromatic carbocycles. The molecule has 0 N–H and O–H groups in total. The van der Waals surface area contributed by atoms with Crippen molar-refractivity contribution in [2.75, 3.05) is 37.4 Å². The summed E-state index contributed by atoms with van der Waals surface area (Å²) in [5.41, 5.74) is 1.93. The summed E-state index contributed by atoms with van der Waals surface area (Å²) in [5, 5.41) is 0. The number of aromatic nitrogens is 2. The van der Waals surface area contributed by atoms with Crippen molar-refractivity contribution in [3.8, 4) is 5.88 Å². The molecule has 0 radical (unpaired) electrons. The molecule has 1 fully saturated rings. The van der Waals surface area contributed by atoms with E-state index < -0.39 is 9.84 Å². The van der Waals surface area contributed by atoms with Gasteiger partial charge in [-0.15, -0.1) is 0 Å². The predicted molar refractivity (Wildman–Crippen MR) is 115 cm³/mol. The van der Waals surface area contributed by atoms with Crippen LogP contribution in [0.2, 0.25) is 0 Å². The van der Waals surface area contributed by atoms with Crippen molar-refractivity contribution in [1.29, 1.82) is 0 Å². The van der Waals surface area contributed by atoms with Gasteiger partial charge in [0.15, 0.2) is 9.84 Å². The number of piperidine rings is 1. The van der Waals surface area contributed by atoms with Crippen LogP contribution in [-0.2, 0) is 21.0 Å². The normalized spacial score (nSPS) is 16.8. The Balaban J connectivity index is 1.43. The van der Waals surface area contributed by atoms with Gasteiger partial charge in [-0.25, -0.2) is 23.2 Å². The molecule has 31 heavy (non-hydrogen) atoms. The molecule has 0 saturated carbocycles. The summed E-state index contributed by atoms with van der Waals surface area (Å²) in [5.74, 6) is 1.20. The Labute approximate surface area is 181 Å². The molecule has 9 nitrogen and oxygen atoms in total. The Morgan fingerprint density at radius 2 is 1.94 bits per heavy atom. The maximum Gasteiger partial charge on any atom is 0.409 e. The molecular formula is C21H26N4O5S. The van der Waals surface area contributed by atoms with E-state index in [2.05, 4.69) is 9.97 Å². The van der Waals surface area contributed by atoms with E-state index in [1.165, 1.54) is 12.6 Å². The van der Waals surface area contributed by atoms with Crippen LogP contribution in [0.4, 0.5) is 16.3 Å². The minimum absolute atomic E-state index is 0.0309. The summed E-state index contributed by atoms with van der Waals surface area (Å²) in [6, 6.07) is 6.99. The molecule has 2 aliphatic heterocycles. The van der Waals surface area contributed by atoms with Crippen LogP contribution in [0, 0.1) is 0 Å². The highest BCUT2D eigenvalue weighted by molar-refractivity contribution is 7.90. The number of fused-ring (bicyclic) bond motifs is 1. The Morgan fingerprint density at radius 3 is 2.65 bits per heavy atom. The maximum absolute atomic E-state index is 11.8. The lowest BCUT2D eigenvalue weighted by Gasteiger charge is -2.31. The van der Waals surface area contributed by atoms with Crippen molar-refractivity contribution in [3.05, 3.63) is 36.2 Å². The molecule has 1 saturated heterocycles. The molecule has 0 bridgehead atoms. The van der Waals surface area contributed by atoms with Crippen molar-refractivity contribution in [1.82, 2.24) is 14.9 Å². The van der Waals surface area contributed by atoms with Crippen molar-refractivity contribution in [2.45, 2.75) is 37.2 Å². The van der Waals surface area contributed by atoms with Crippen LogP contribution in [0.1, 0.15) is 25.3 Å². The van der Waals surface area contributed by atoms with E-state index in [4.69, 9.17) is 9.47 Å². The number of benzene rings is 1. The van der Waals surface area contributed by atoms with Gasteiger partial charge in [0.05, 0.1) is 11.5 Å². The predicted octanol–water partition coefficient (Wildman–Crippen LogP) is 2.57. The fraction of sp³-hybridized carbons (Fsp3) is 0.476. The summed E-state index contributed by atoms with van der Waals surface area (Å²) in [6.45, 7) is 4.04. The monoisotopic (exact) mass is 446 g/mol. The van der Waals surface area contributed by atoms with Crippen LogP contribution in [0.15, 0.2) is 35.5 Å². The van der Waals surface area contributed by atoms with Crippen molar-refractivity contribution in [2.24, 2.45) is 0 Å². The van der Waals surface area contributed by atoms with Crippen LogP contribution >= 0.6 is 0 Å². The summed E-state index contributed by atoms with van der Waals surface area (Å²) in [7, 11) is -3.24. The molecule has 166 valence electrons. The van der Waals surface area contributed by atoms with Crippen LogP contribution in [0.3, 0.4) is 0 Å². The van der Waals surface area contributed by atoms with E-state index in [-0.39, 0.29) is 12.2 Å². The first-order valence-electron chi connectivity index (χ1n) is 10.4. The summed E-state index contributed by atoms with van der Waals surface area (Å²) >= 11 is 0. The standard InChI is InChI=1S/C21H26N4O5S/c1-3-29-21(26)24-9-7-16(8-10-24)30-20-13-19(22-14-23-20)25-11-6-15-12-17(31(2,27)28)4-5-18(15)25/h4-5,12-14,16H,3,6-11H2,1-2H3. The first-order valence-corrected chi connectivity index (χ1v) is 12.2. The third kappa shape index (κ3) is 4.73. The number of ether oxygens (including phenoxy) is 2. The second kappa shape index (κ2) is 8.70. The van der Waals surface area contributed by atoms with E-state index >= 15 is 0 Å². The lowest BCUT2D eigenvalue weighted by Crippen LogP contribution is -2.42. The van der Waals surface area contributed by atoms with E-state index in [9.17, 15) is 13.2 Å². The lowest BCUT2D eigenvalue weighted by molar-refractivity contribution is 0.0688. The smallest absolute Gasteiger partial charge is 0.409 e. The zero-order chi connectivity index (χ0) is 22.0. The molecule has 0 aliphatic carbocycles. The number of amides is 1. The molecule has 1 amide bonds. The van der Waals surface area contributed by atoms with Crippen molar-refractivity contribution >= 4 is 27.4 Å². The van der Waals surface area contributed by atoms with Crippen LogP contribution in [-0.4, -0.2) is 68.0 Å². The number of carbonyl (C=O) groups is 1. The van der Waals surface area contributed by atoms with Gasteiger partial charge in [-0.2, -0.15) is 0 Å². The Morgan fingerprint density at radius 1 is 1.16 bits per heavy atom. The fourth-order valence-electron chi connectivity index (χ4n) is 3.93.